The molecule has 1 saturated carbocycles. The number of rotatable bonds is 1. The molecule has 0 amide bonds. The second-order valence-corrected chi connectivity index (χ2v) is 3.50. The van der Waals surface area contributed by atoms with Crippen LogP contribution < -0.4 is 5.56 Å². The van der Waals surface area contributed by atoms with Crippen molar-refractivity contribution in [2.45, 2.75) is 25.2 Å². The van der Waals surface area contributed by atoms with Crippen LogP contribution in [0.25, 0.3) is 0 Å². The van der Waals surface area contributed by atoms with Crippen LogP contribution in [0.3, 0.4) is 0 Å². The van der Waals surface area contributed by atoms with E-state index in [0.29, 0.717) is 5.92 Å². The zero-order chi connectivity index (χ0) is 8.55. The van der Waals surface area contributed by atoms with Gasteiger partial charge in [0.15, 0.2) is 0 Å². The van der Waals surface area contributed by atoms with Crippen LogP contribution >= 0.6 is 11.6 Å². The highest BCUT2D eigenvalue weighted by Crippen LogP contribution is 2.34. The van der Waals surface area contributed by atoms with Crippen molar-refractivity contribution in [1.29, 1.82) is 0 Å². The van der Waals surface area contributed by atoms with Gasteiger partial charge in [-0.25, -0.2) is 5.10 Å². The average Bonchev–Trinajstić information content (AvgIpc) is 1.93. The first-order valence-electron chi connectivity index (χ1n) is 4.02. The minimum absolute atomic E-state index is 0.243. The molecule has 1 aliphatic rings. The van der Waals surface area contributed by atoms with Crippen LogP contribution in [0.5, 0.6) is 0 Å². The molecule has 0 unspecified atom stereocenters. The molecule has 1 aromatic heterocycles. The van der Waals surface area contributed by atoms with Crippen LogP contribution in [0.15, 0.2) is 10.9 Å². The van der Waals surface area contributed by atoms with E-state index in [4.69, 9.17) is 11.6 Å². The summed E-state index contributed by atoms with van der Waals surface area (Å²) in [5.41, 5.74) is 0.616. The van der Waals surface area contributed by atoms with Crippen LogP contribution in [0, 0.1) is 0 Å². The summed E-state index contributed by atoms with van der Waals surface area (Å²) < 4.78 is 0. The van der Waals surface area contributed by atoms with Crippen molar-refractivity contribution in [3.63, 3.8) is 0 Å². The fourth-order valence-electron chi connectivity index (χ4n) is 1.31. The highest BCUT2D eigenvalue weighted by molar-refractivity contribution is 6.30. The molecule has 1 aliphatic carbocycles. The molecule has 0 radical (unpaired) electrons. The predicted octanol–water partition coefficient (Wildman–Crippen LogP) is 1.69. The van der Waals surface area contributed by atoms with Gasteiger partial charge in [0.05, 0.1) is 5.69 Å². The lowest BCUT2D eigenvalue weighted by atomic mass is 9.83. The topological polar surface area (TPSA) is 45.8 Å². The molecule has 0 atom stereocenters. The van der Waals surface area contributed by atoms with E-state index < -0.39 is 0 Å². The summed E-state index contributed by atoms with van der Waals surface area (Å²) in [6.45, 7) is 0. The summed E-state index contributed by atoms with van der Waals surface area (Å²) >= 11 is 5.66. The van der Waals surface area contributed by atoms with E-state index >= 15 is 0 Å². The van der Waals surface area contributed by atoms with Gasteiger partial charge in [0.25, 0.3) is 5.56 Å². The number of hydrogen-bond donors (Lipinski definition) is 1. The molecule has 0 aliphatic heterocycles. The van der Waals surface area contributed by atoms with Gasteiger partial charge in [-0.2, -0.15) is 5.10 Å². The van der Waals surface area contributed by atoms with Gasteiger partial charge in [0.1, 0.15) is 5.02 Å². The van der Waals surface area contributed by atoms with Crippen LogP contribution in [-0.2, 0) is 0 Å². The molecule has 1 N–H and O–H groups in total. The molecule has 1 heterocycles. The van der Waals surface area contributed by atoms with Crippen molar-refractivity contribution in [3.8, 4) is 0 Å². The molecule has 4 heteroatoms. The van der Waals surface area contributed by atoms with Gasteiger partial charge in [-0.05, 0) is 18.9 Å². The first-order valence-corrected chi connectivity index (χ1v) is 4.40. The van der Waals surface area contributed by atoms with Gasteiger partial charge in [-0.3, -0.25) is 4.79 Å². The number of nitrogens with one attached hydrogen (secondary N) is 1. The summed E-state index contributed by atoms with van der Waals surface area (Å²) in [5, 5.41) is 6.56. The van der Waals surface area contributed by atoms with Gasteiger partial charge in [-0.15, -0.1) is 0 Å². The Bertz CT molecular complexity index is 343. The van der Waals surface area contributed by atoms with E-state index in [1.54, 1.807) is 6.07 Å². The third-order valence-electron chi connectivity index (χ3n) is 2.30. The SMILES string of the molecule is O=c1[nH]nc(C2CCC2)cc1Cl. The fraction of sp³-hybridized carbons (Fsp3) is 0.500. The maximum atomic E-state index is 10.9. The van der Waals surface area contributed by atoms with Crippen molar-refractivity contribution in [3.05, 3.63) is 27.1 Å². The number of halogens is 1. The van der Waals surface area contributed by atoms with Gasteiger partial charge < -0.3 is 0 Å². The van der Waals surface area contributed by atoms with Gasteiger partial charge in [0, 0.05) is 5.92 Å². The Morgan fingerprint density at radius 3 is 2.83 bits per heavy atom. The second-order valence-electron chi connectivity index (χ2n) is 3.10. The van der Waals surface area contributed by atoms with Crippen LogP contribution in [-0.4, -0.2) is 10.2 Å². The zero-order valence-electron chi connectivity index (χ0n) is 6.51. The normalized spacial score (nSPS) is 17.4. The van der Waals surface area contributed by atoms with E-state index in [1.165, 1.54) is 6.42 Å². The molecule has 0 spiro atoms. The highest BCUT2D eigenvalue weighted by Gasteiger charge is 2.21. The number of hydrogen-bond acceptors (Lipinski definition) is 2. The zero-order valence-corrected chi connectivity index (χ0v) is 7.27. The lowest BCUT2D eigenvalue weighted by Crippen LogP contribution is -2.16. The minimum atomic E-state index is -0.306. The first kappa shape index (κ1) is 7.80. The molecule has 3 nitrogen and oxygen atoms in total. The smallest absolute Gasteiger partial charge is 0.266 e. The van der Waals surface area contributed by atoms with Crippen LogP contribution in [0.1, 0.15) is 30.9 Å². The molecule has 12 heavy (non-hydrogen) atoms. The summed E-state index contributed by atoms with van der Waals surface area (Å²) in [4.78, 5) is 10.9. The maximum Gasteiger partial charge on any atom is 0.282 e. The molecule has 1 fully saturated rings. The number of aromatic nitrogens is 2. The quantitative estimate of drug-likeness (QED) is 0.722. The van der Waals surface area contributed by atoms with Crippen molar-refractivity contribution < 1.29 is 0 Å². The third-order valence-corrected chi connectivity index (χ3v) is 2.58. The minimum Gasteiger partial charge on any atom is -0.266 e. The number of aromatic amines is 1. The molecule has 1 aromatic rings. The molecule has 2 rings (SSSR count). The summed E-state index contributed by atoms with van der Waals surface area (Å²) in [6.07, 6.45) is 3.58. The average molecular weight is 185 g/mol. The summed E-state index contributed by atoms with van der Waals surface area (Å²) in [7, 11) is 0. The van der Waals surface area contributed by atoms with Gasteiger partial charge in [0.2, 0.25) is 0 Å². The van der Waals surface area contributed by atoms with E-state index in [9.17, 15) is 4.79 Å². The first-order chi connectivity index (χ1) is 5.77. The monoisotopic (exact) mass is 184 g/mol. The molecular formula is C8H9ClN2O. The predicted molar refractivity (Wildman–Crippen MR) is 46.5 cm³/mol. The van der Waals surface area contributed by atoms with E-state index in [1.807, 2.05) is 0 Å². The Balaban J connectivity index is 2.33. The Morgan fingerprint density at radius 2 is 2.33 bits per heavy atom. The fourth-order valence-corrected chi connectivity index (χ4v) is 1.46. The number of H-pyrrole nitrogens is 1. The largest absolute Gasteiger partial charge is 0.282 e. The molecule has 64 valence electrons. The Labute approximate surface area is 74.8 Å². The molecule has 0 bridgehead atoms. The van der Waals surface area contributed by atoms with E-state index in [-0.39, 0.29) is 10.6 Å². The van der Waals surface area contributed by atoms with Crippen molar-refractivity contribution in [2.24, 2.45) is 0 Å². The molecule has 0 saturated heterocycles. The highest BCUT2D eigenvalue weighted by atomic mass is 35.5. The summed E-state index contributed by atoms with van der Waals surface area (Å²) in [6, 6.07) is 1.67. The Hall–Kier alpha value is -0.830. The molecular weight excluding hydrogens is 176 g/mol. The number of nitrogens with zero attached hydrogens (tertiary/aromatic N) is 1. The standard InChI is InChI=1S/C8H9ClN2O/c9-6-4-7(5-2-1-3-5)10-11-8(6)12/h4-5H,1-3H2,(H,11,12). The van der Waals surface area contributed by atoms with Crippen molar-refractivity contribution in [1.82, 2.24) is 10.2 Å². The maximum absolute atomic E-state index is 10.9. The Kier molecular flexibility index (Phi) is 1.89. The van der Waals surface area contributed by atoms with Crippen LogP contribution in [0.4, 0.5) is 0 Å². The van der Waals surface area contributed by atoms with Gasteiger partial charge >= 0.3 is 0 Å². The van der Waals surface area contributed by atoms with E-state index in [0.717, 1.165) is 18.5 Å². The van der Waals surface area contributed by atoms with E-state index in [2.05, 4.69) is 10.2 Å². The van der Waals surface area contributed by atoms with Crippen molar-refractivity contribution in [2.75, 3.05) is 0 Å². The van der Waals surface area contributed by atoms with Gasteiger partial charge in [-0.1, -0.05) is 18.0 Å². The third kappa shape index (κ3) is 1.25. The second kappa shape index (κ2) is 2.90. The Morgan fingerprint density at radius 1 is 1.58 bits per heavy atom. The van der Waals surface area contributed by atoms with Crippen molar-refractivity contribution >= 4 is 11.6 Å². The van der Waals surface area contributed by atoms with Crippen LogP contribution in [0.2, 0.25) is 5.02 Å². The lowest BCUT2D eigenvalue weighted by Gasteiger charge is -2.23. The lowest BCUT2D eigenvalue weighted by molar-refractivity contribution is 0.407. The molecule has 0 aromatic carbocycles. The summed E-state index contributed by atoms with van der Waals surface area (Å²) in [5.74, 6) is 0.513.